The number of nitrogens with one attached hydrogen (secondary N) is 2. The van der Waals surface area contributed by atoms with Crippen LogP contribution >= 0.6 is 0 Å². The zero-order chi connectivity index (χ0) is 12.0. The summed E-state index contributed by atoms with van der Waals surface area (Å²) in [7, 11) is 0. The monoisotopic (exact) mass is 222 g/mol. The van der Waals surface area contributed by atoms with Gasteiger partial charge in [0.25, 0.3) is 0 Å². The third kappa shape index (κ3) is 3.45. The van der Waals surface area contributed by atoms with E-state index in [4.69, 9.17) is 0 Å². The van der Waals surface area contributed by atoms with E-state index in [-0.39, 0.29) is 0 Å². The fourth-order valence-electron chi connectivity index (χ4n) is 1.43. The molecule has 0 unspecified atom stereocenters. The lowest BCUT2D eigenvalue weighted by Gasteiger charge is -2.12. The Morgan fingerprint density at radius 3 is 2.56 bits per heavy atom. The van der Waals surface area contributed by atoms with Crippen LogP contribution in [0.4, 0.5) is 5.69 Å². The summed E-state index contributed by atoms with van der Waals surface area (Å²) in [4.78, 5) is 8.96. The van der Waals surface area contributed by atoms with Gasteiger partial charge >= 0.3 is 0 Å². The van der Waals surface area contributed by atoms with Gasteiger partial charge in [0.2, 0.25) is 0 Å². The number of anilines is 1. The highest BCUT2D eigenvalue weighted by molar-refractivity contribution is 5.45. The smallest absolute Gasteiger partial charge is 0.131 e. The molecule has 0 amide bonds. The molecule has 0 bridgehead atoms. The van der Waals surface area contributed by atoms with Gasteiger partial charge in [0.05, 0.1) is 17.6 Å². The van der Waals surface area contributed by atoms with Crippen LogP contribution in [-0.2, 0) is 6.54 Å². The first-order chi connectivity index (χ1) is 7.69. The summed E-state index contributed by atoms with van der Waals surface area (Å²) in [5, 5.41) is 6.59. The molecule has 0 saturated heterocycles. The molecule has 1 rings (SSSR count). The summed E-state index contributed by atoms with van der Waals surface area (Å²) in [6.45, 7) is 11.0. The minimum Gasteiger partial charge on any atom is -0.383 e. The van der Waals surface area contributed by atoms with Crippen molar-refractivity contribution in [3.05, 3.63) is 17.7 Å². The molecule has 4 nitrogen and oxygen atoms in total. The fourth-order valence-corrected chi connectivity index (χ4v) is 1.43. The van der Waals surface area contributed by atoms with Crippen molar-refractivity contribution in [1.29, 1.82) is 0 Å². The van der Waals surface area contributed by atoms with E-state index in [0.717, 1.165) is 36.8 Å². The average Bonchev–Trinajstić information content (AvgIpc) is 2.27. The second-order valence-corrected chi connectivity index (χ2v) is 4.05. The number of aromatic nitrogens is 2. The first-order valence-electron chi connectivity index (χ1n) is 5.99. The SMILES string of the molecule is CCNCc1nc(C(C)C)ncc1NCC. The third-order valence-electron chi connectivity index (χ3n) is 2.31. The van der Waals surface area contributed by atoms with E-state index in [9.17, 15) is 0 Å². The quantitative estimate of drug-likeness (QED) is 0.774. The number of rotatable bonds is 6. The predicted octanol–water partition coefficient (Wildman–Crippen LogP) is 2.14. The van der Waals surface area contributed by atoms with Crippen LogP contribution in [0.15, 0.2) is 6.20 Å². The summed E-state index contributed by atoms with van der Waals surface area (Å²) < 4.78 is 0. The van der Waals surface area contributed by atoms with Crippen molar-refractivity contribution in [3.8, 4) is 0 Å². The third-order valence-corrected chi connectivity index (χ3v) is 2.31. The molecule has 1 aromatic rings. The summed E-state index contributed by atoms with van der Waals surface area (Å²) in [6.07, 6.45) is 1.89. The van der Waals surface area contributed by atoms with Gasteiger partial charge in [0.1, 0.15) is 5.82 Å². The van der Waals surface area contributed by atoms with Gasteiger partial charge in [-0.15, -0.1) is 0 Å². The highest BCUT2D eigenvalue weighted by Crippen LogP contribution is 2.15. The topological polar surface area (TPSA) is 49.8 Å². The second kappa shape index (κ2) is 6.43. The van der Waals surface area contributed by atoms with Crippen LogP contribution in [0.3, 0.4) is 0 Å². The van der Waals surface area contributed by atoms with Crippen molar-refractivity contribution in [1.82, 2.24) is 15.3 Å². The van der Waals surface area contributed by atoms with Gasteiger partial charge < -0.3 is 10.6 Å². The summed E-state index contributed by atoms with van der Waals surface area (Å²) >= 11 is 0. The van der Waals surface area contributed by atoms with Crippen molar-refractivity contribution in [2.75, 3.05) is 18.4 Å². The molecular formula is C12H22N4. The Morgan fingerprint density at radius 2 is 2.00 bits per heavy atom. The number of hydrogen-bond donors (Lipinski definition) is 2. The molecule has 0 aromatic carbocycles. The summed E-state index contributed by atoms with van der Waals surface area (Å²) in [5.41, 5.74) is 2.09. The Labute approximate surface area is 97.9 Å². The van der Waals surface area contributed by atoms with Gasteiger partial charge in [-0.25, -0.2) is 9.97 Å². The van der Waals surface area contributed by atoms with Gasteiger partial charge in [0.15, 0.2) is 0 Å². The average molecular weight is 222 g/mol. The van der Waals surface area contributed by atoms with Crippen molar-refractivity contribution in [2.45, 2.75) is 40.2 Å². The molecule has 0 fully saturated rings. The van der Waals surface area contributed by atoms with Gasteiger partial charge in [-0.1, -0.05) is 20.8 Å². The number of hydrogen-bond acceptors (Lipinski definition) is 4. The standard InChI is InChI=1S/C12H22N4/c1-5-13-7-11-10(14-6-2)8-15-12(16-11)9(3)4/h8-9,13-14H,5-7H2,1-4H3. The number of nitrogens with zero attached hydrogens (tertiary/aromatic N) is 2. The van der Waals surface area contributed by atoms with Gasteiger partial charge in [-0.3, -0.25) is 0 Å². The molecule has 0 spiro atoms. The minimum absolute atomic E-state index is 0.371. The molecule has 0 radical (unpaired) electrons. The maximum atomic E-state index is 4.59. The molecule has 0 aliphatic heterocycles. The Balaban J connectivity index is 2.91. The molecule has 0 saturated carbocycles. The lowest BCUT2D eigenvalue weighted by Crippen LogP contribution is -2.16. The molecule has 90 valence electrons. The highest BCUT2D eigenvalue weighted by atomic mass is 15.0. The zero-order valence-electron chi connectivity index (χ0n) is 10.7. The van der Waals surface area contributed by atoms with Crippen LogP contribution in [0.2, 0.25) is 0 Å². The van der Waals surface area contributed by atoms with Crippen LogP contribution < -0.4 is 10.6 Å². The van der Waals surface area contributed by atoms with E-state index in [1.54, 1.807) is 0 Å². The Kier molecular flexibility index (Phi) is 5.19. The fraction of sp³-hybridized carbons (Fsp3) is 0.667. The molecule has 0 aliphatic rings. The van der Waals surface area contributed by atoms with Gasteiger partial charge in [0, 0.05) is 19.0 Å². The minimum atomic E-state index is 0.371. The molecule has 0 atom stereocenters. The zero-order valence-corrected chi connectivity index (χ0v) is 10.7. The Morgan fingerprint density at radius 1 is 1.25 bits per heavy atom. The second-order valence-electron chi connectivity index (χ2n) is 4.05. The van der Waals surface area contributed by atoms with E-state index in [1.165, 1.54) is 0 Å². The first kappa shape index (κ1) is 12.9. The normalized spacial score (nSPS) is 10.8. The van der Waals surface area contributed by atoms with Gasteiger partial charge in [-0.2, -0.15) is 0 Å². The molecule has 16 heavy (non-hydrogen) atoms. The highest BCUT2D eigenvalue weighted by Gasteiger charge is 2.08. The molecule has 0 aliphatic carbocycles. The van der Waals surface area contributed by atoms with Gasteiger partial charge in [-0.05, 0) is 13.5 Å². The van der Waals surface area contributed by atoms with Crippen LogP contribution in [0.1, 0.15) is 45.1 Å². The first-order valence-corrected chi connectivity index (χ1v) is 5.99. The Bertz CT molecular complexity index is 323. The largest absolute Gasteiger partial charge is 0.383 e. The van der Waals surface area contributed by atoms with Crippen LogP contribution in [-0.4, -0.2) is 23.1 Å². The van der Waals surface area contributed by atoms with Crippen LogP contribution in [0.25, 0.3) is 0 Å². The van der Waals surface area contributed by atoms with Crippen LogP contribution in [0, 0.1) is 0 Å². The molecule has 2 N–H and O–H groups in total. The Hall–Kier alpha value is -1.16. The molecular weight excluding hydrogens is 200 g/mol. The molecule has 1 heterocycles. The van der Waals surface area contributed by atoms with E-state index in [0.29, 0.717) is 5.92 Å². The van der Waals surface area contributed by atoms with E-state index in [2.05, 4.69) is 48.3 Å². The van der Waals surface area contributed by atoms with Crippen molar-refractivity contribution in [3.63, 3.8) is 0 Å². The maximum Gasteiger partial charge on any atom is 0.131 e. The lowest BCUT2D eigenvalue weighted by atomic mass is 10.2. The lowest BCUT2D eigenvalue weighted by molar-refractivity contribution is 0.688. The van der Waals surface area contributed by atoms with E-state index < -0.39 is 0 Å². The summed E-state index contributed by atoms with van der Waals surface area (Å²) in [6, 6.07) is 0. The van der Waals surface area contributed by atoms with E-state index in [1.807, 2.05) is 6.20 Å². The maximum absolute atomic E-state index is 4.59. The molecule has 4 heteroatoms. The van der Waals surface area contributed by atoms with E-state index >= 15 is 0 Å². The van der Waals surface area contributed by atoms with Crippen molar-refractivity contribution in [2.24, 2.45) is 0 Å². The molecule has 1 aromatic heterocycles. The van der Waals surface area contributed by atoms with Crippen molar-refractivity contribution < 1.29 is 0 Å². The predicted molar refractivity (Wildman–Crippen MR) is 67.7 cm³/mol. The van der Waals surface area contributed by atoms with Crippen molar-refractivity contribution >= 4 is 5.69 Å². The summed E-state index contributed by atoms with van der Waals surface area (Å²) in [5.74, 6) is 1.28. The van der Waals surface area contributed by atoms with Crippen LogP contribution in [0.5, 0.6) is 0 Å².